The van der Waals surface area contributed by atoms with E-state index in [-0.39, 0.29) is 5.56 Å². The summed E-state index contributed by atoms with van der Waals surface area (Å²) in [4.78, 5) is 15.0. The average molecular weight is 281 g/mol. The summed E-state index contributed by atoms with van der Waals surface area (Å²) in [7, 11) is 0. The fourth-order valence-corrected chi connectivity index (χ4v) is 1.82. The number of rotatable bonds is 6. The van der Waals surface area contributed by atoms with E-state index in [9.17, 15) is 4.79 Å². The summed E-state index contributed by atoms with van der Waals surface area (Å²) in [5.74, 6) is -0.713. The van der Waals surface area contributed by atoms with E-state index in [1.807, 2.05) is 10.8 Å². The fourth-order valence-electron chi connectivity index (χ4n) is 1.64. The third-order valence-electron chi connectivity index (χ3n) is 2.55. The zero-order chi connectivity index (χ0) is 13.7. The maximum atomic E-state index is 11.0. The first-order valence-corrected chi connectivity index (χ1v) is 6.16. The summed E-state index contributed by atoms with van der Waals surface area (Å²) in [6.07, 6.45) is 6.07. The van der Waals surface area contributed by atoms with Crippen LogP contribution in [0.5, 0.6) is 5.75 Å². The number of carbonyl (C=O) groups is 1. The van der Waals surface area contributed by atoms with Gasteiger partial charge in [0.25, 0.3) is 0 Å². The molecule has 2 aromatic rings. The number of halogens is 1. The number of aromatic nitrogens is 2. The minimum absolute atomic E-state index is 0.0788. The number of carboxylic acid groups (broad SMARTS) is 1. The Morgan fingerprint density at radius 2 is 2.32 bits per heavy atom. The van der Waals surface area contributed by atoms with Crippen molar-refractivity contribution in [2.75, 3.05) is 6.61 Å². The minimum Gasteiger partial charge on any atom is -0.493 e. The molecule has 0 amide bonds. The van der Waals surface area contributed by atoms with Gasteiger partial charge in [-0.2, -0.15) is 0 Å². The molecule has 0 aliphatic rings. The fraction of sp³-hybridized carbons (Fsp3) is 0.231. The summed E-state index contributed by atoms with van der Waals surface area (Å²) in [6.45, 7) is 1.20. The van der Waals surface area contributed by atoms with Gasteiger partial charge >= 0.3 is 5.97 Å². The molecule has 0 radical (unpaired) electrons. The second kappa shape index (κ2) is 6.24. The monoisotopic (exact) mass is 280 g/mol. The molecule has 0 saturated carbocycles. The largest absolute Gasteiger partial charge is 0.493 e. The summed E-state index contributed by atoms with van der Waals surface area (Å²) >= 11 is 5.76. The molecule has 1 N–H and O–H groups in total. The van der Waals surface area contributed by atoms with E-state index in [1.165, 1.54) is 6.07 Å². The molecule has 1 aromatic heterocycles. The SMILES string of the molecule is O=C(O)c1cc(Cl)ccc1OCCCn1ccnc1. The highest BCUT2D eigenvalue weighted by Crippen LogP contribution is 2.23. The maximum absolute atomic E-state index is 11.0. The van der Waals surface area contributed by atoms with Gasteiger partial charge in [0, 0.05) is 24.0 Å². The Morgan fingerprint density at radius 1 is 1.47 bits per heavy atom. The highest BCUT2D eigenvalue weighted by Gasteiger charge is 2.11. The van der Waals surface area contributed by atoms with Crippen LogP contribution in [0.15, 0.2) is 36.9 Å². The van der Waals surface area contributed by atoms with E-state index >= 15 is 0 Å². The summed E-state index contributed by atoms with van der Waals surface area (Å²) in [6, 6.07) is 4.57. The lowest BCUT2D eigenvalue weighted by Crippen LogP contribution is -2.06. The molecule has 0 unspecified atom stereocenters. The second-order valence-electron chi connectivity index (χ2n) is 3.95. The van der Waals surface area contributed by atoms with E-state index in [4.69, 9.17) is 21.4 Å². The van der Waals surface area contributed by atoms with Crippen molar-refractivity contribution in [3.63, 3.8) is 0 Å². The van der Waals surface area contributed by atoms with E-state index in [1.54, 1.807) is 24.7 Å². The molecule has 0 atom stereocenters. The van der Waals surface area contributed by atoms with Gasteiger partial charge in [0.2, 0.25) is 0 Å². The Bertz CT molecular complexity index is 555. The molecule has 1 heterocycles. The van der Waals surface area contributed by atoms with Crippen molar-refractivity contribution in [3.8, 4) is 5.75 Å². The van der Waals surface area contributed by atoms with E-state index in [0.29, 0.717) is 17.4 Å². The van der Waals surface area contributed by atoms with Gasteiger partial charge in [-0.05, 0) is 24.6 Å². The van der Waals surface area contributed by atoms with Gasteiger partial charge in [-0.15, -0.1) is 0 Å². The maximum Gasteiger partial charge on any atom is 0.339 e. The molecule has 2 rings (SSSR count). The predicted octanol–water partition coefficient (Wildman–Crippen LogP) is 2.70. The van der Waals surface area contributed by atoms with Crippen LogP contribution in [-0.2, 0) is 6.54 Å². The van der Waals surface area contributed by atoms with Gasteiger partial charge in [0.15, 0.2) is 0 Å². The molecule has 0 saturated heterocycles. The second-order valence-corrected chi connectivity index (χ2v) is 4.38. The number of nitrogens with zero attached hydrogens (tertiary/aromatic N) is 2. The average Bonchev–Trinajstić information content (AvgIpc) is 2.89. The minimum atomic E-state index is -1.05. The van der Waals surface area contributed by atoms with Gasteiger partial charge in [0.05, 0.1) is 12.9 Å². The molecule has 0 fully saturated rings. The molecule has 100 valence electrons. The van der Waals surface area contributed by atoms with Crippen LogP contribution in [0.3, 0.4) is 0 Å². The van der Waals surface area contributed by atoms with Crippen LogP contribution in [-0.4, -0.2) is 27.2 Å². The predicted molar refractivity (Wildman–Crippen MR) is 70.8 cm³/mol. The van der Waals surface area contributed by atoms with Crippen LogP contribution in [0.1, 0.15) is 16.8 Å². The summed E-state index contributed by atoms with van der Waals surface area (Å²) in [5.41, 5.74) is 0.0788. The molecule has 0 spiro atoms. The van der Waals surface area contributed by atoms with Gasteiger partial charge in [-0.3, -0.25) is 0 Å². The smallest absolute Gasteiger partial charge is 0.339 e. The number of hydrogen-bond acceptors (Lipinski definition) is 3. The number of aromatic carboxylic acids is 1. The van der Waals surface area contributed by atoms with Crippen LogP contribution >= 0.6 is 11.6 Å². The highest BCUT2D eigenvalue weighted by molar-refractivity contribution is 6.31. The van der Waals surface area contributed by atoms with Crippen molar-refractivity contribution in [1.29, 1.82) is 0 Å². The summed E-state index contributed by atoms with van der Waals surface area (Å²) in [5, 5.41) is 9.42. The van der Waals surface area contributed by atoms with Crippen molar-refractivity contribution in [3.05, 3.63) is 47.5 Å². The number of carboxylic acids is 1. The Morgan fingerprint density at radius 3 is 3.00 bits per heavy atom. The first-order valence-electron chi connectivity index (χ1n) is 5.78. The van der Waals surface area contributed by atoms with Crippen molar-refractivity contribution in [2.45, 2.75) is 13.0 Å². The lowest BCUT2D eigenvalue weighted by molar-refractivity contribution is 0.0692. The Balaban J connectivity index is 1.90. The molecule has 0 aliphatic heterocycles. The van der Waals surface area contributed by atoms with Crippen LogP contribution in [0.2, 0.25) is 5.02 Å². The van der Waals surface area contributed by atoms with Crippen LogP contribution in [0, 0.1) is 0 Å². The van der Waals surface area contributed by atoms with Gasteiger partial charge in [0.1, 0.15) is 11.3 Å². The first-order chi connectivity index (χ1) is 9.16. The topological polar surface area (TPSA) is 64.3 Å². The Hall–Kier alpha value is -2.01. The first kappa shape index (κ1) is 13.4. The number of benzene rings is 1. The third-order valence-corrected chi connectivity index (χ3v) is 2.78. The van der Waals surface area contributed by atoms with Crippen molar-refractivity contribution < 1.29 is 14.6 Å². The zero-order valence-electron chi connectivity index (χ0n) is 10.1. The standard InChI is InChI=1S/C13H13ClN2O3/c14-10-2-3-12(11(8-10)13(17)18)19-7-1-5-16-6-4-15-9-16/h2-4,6,8-9H,1,5,7H2,(H,17,18). The van der Waals surface area contributed by atoms with Crippen molar-refractivity contribution >= 4 is 17.6 Å². The van der Waals surface area contributed by atoms with Crippen molar-refractivity contribution in [1.82, 2.24) is 9.55 Å². The lowest BCUT2D eigenvalue weighted by Gasteiger charge is -2.09. The normalized spacial score (nSPS) is 10.4. The number of hydrogen-bond donors (Lipinski definition) is 1. The molecular weight excluding hydrogens is 268 g/mol. The quantitative estimate of drug-likeness (QED) is 0.826. The van der Waals surface area contributed by atoms with Crippen LogP contribution < -0.4 is 4.74 Å². The molecular formula is C13H13ClN2O3. The van der Waals surface area contributed by atoms with Gasteiger partial charge < -0.3 is 14.4 Å². The highest BCUT2D eigenvalue weighted by atomic mass is 35.5. The molecule has 0 bridgehead atoms. The van der Waals surface area contributed by atoms with Gasteiger partial charge in [-0.1, -0.05) is 11.6 Å². The van der Waals surface area contributed by atoms with Crippen molar-refractivity contribution in [2.24, 2.45) is 0 Å². The Labute approximate surface area is 115 Å². The van der Waals surface area contributed by atoms with Crippen LogP contribution in [0.25, 0.3) is 0 Å². The summed E-state index contributed by atoms with van der Waals surface area (Å²) < 4.78 is 7.41. The third kappa shape index (κ3) is 3.72. The zero-order valence-corrected chi connectivity index (χ0v) is 10.9. The van der Waals surface area contributed by atoms with E-state index in [0.717, 1.165) is 13.0 Å². The van der Waals surface area contributed by atoms with Crippen LogP contribution in [0.4, 0.5) is 0 Å². The molecule has 19 heavy (non-hydrogen) atoms. The molecule has 1 aromatic carbocycles. The number of ether oxygens (including phenoxy) is 1. The lowest BCUT2D eigenvalue weighted by atomic mass is 10.2. The Kier molecular flexibility index (Phi) is 4.41. The van der Waals surface area contributed by atoms with E-state index < -0.39 is 5.97 Å². The number of aryl methyl sites for hydroxylation is 1. The van der Waals surface area contributed by atoms with Gasteiger partial charge in [-0.25, -0.2) is 9.78 Å². The number of imidazole rings is 1. The molecule has 6 heteroatoms. The molecule has 5 nitrogen and oxygen atoms in total. The molecule has 0 aliphatic carbocycles. The van der Waals surface area contributed by atoms with E-state index in [2.05, 4.69) is 4.98 Å².